The van der Waals surface area contributed by atoms with Crippen molar-refractivity contribution in [1.29, 1.82) is 0 Å². The highest BCUT2D eigenvalue weighted by molar-refractivity contribution is 9.10. The molecule has 2 N–H and O–H groups in total. The number of carbonyl (C=O) groups is 2. The topological polar surface area (TPSA) is 58.2 Å². The minimum atomic E-state index is -0.158. The van der Waals surface area contributed by atoms with Gasteiger partial charge in [-0.05, 0) is 28.1 Å². The Bertz CT molecular complexity index is 434. The Balaban J connectivity index is 2.03. The van der Waals surface area contributed by atoms with Gasteiger partial charge in [0.25, 0.3) is 5.91 Å². The molecule has 0 spiro atoms. The first kappa shape index (κ1) is 11.1. The van der Waals surface area contributed by atoms with Gasteiger partial charge in [-0.25, -0.2) is 0 Å². The van der Waals surface area contributed by atoms with Gasteiger partial charge in [0.15, 0.2) is 0 Å². The fourth-order valence-electron chi connectivity index (χ4n) is 1.62. The zero-order chi connectivity index (χ0) is 11.5. The fraction of sp³-hybridized carbons (Fsp3) is 0.273. The summed E-state index contributed by atoms with van der Waals surface area (Å²) in [5.74, 6) is -0.175. The Morgan fingerprint density at radius 3 is 2.81 bits per heavy atom. The second-order valence-corrected chi connectivity index (χ2v) is 4.51. The first-order valence-electron chi connectivity index (χ1n) is 4.99. The summed E-state index contributed by atoms with van der Waals surface area (Å²) in [5.41, 5.74) is 0.585. The largest absolute Gasteiger partial charge is 0.354 e. The summed E-state index contributed by atoms with van der Waals surface area (Å²) in [4.78, 5) is 22.8. The van der Waals surface area contributed by atoms with Crippen LogP contribution in [0.4, 0.5) is 0 Å². The predicted octanol–water partition coefficient (Wildman–Crippen LogP) is 1.07. The third kappa shape index (κ3) is 2.41. The highest BCUT2D eigenvalue weighted by Crippen LogP contribution is 2.16. The van der Waals surface area contributed by atoms with Crippen LogP contribution in [0.5, 0.6) is 0 Å². The van der Waals surface area contributed by atoms with Gasteiger partial charge < -0.3 is 10.6 Å². The van der Waals surface area contributed by atoms with Crippen molar-refractivity contribution in [2.75, 3.05) is 6.54 Å². The van der Waals surface area contributed by atoms with Crippen molar-refractivity contribution < 1.29 is 9.59 Å². The Morgan fingerprint density at radius 2 is 2.19 bits per heavy atom. The van der Waals surface area contributed by atoms with E-state index in [0.29, 0.717) is 18.5 Å². The third-order valence-electron chi connectivity index (χ3n) is 2.43. The maximum absolute atomic E-state index is 11.8. The van der Waals surface area contributed by atoms with Crippen molar-refractivity contribution in [1.82, 2.24) is 10.6 Å². The number of carbonyl (C=O) groups excluding carboxylic acids is 2. The molecule has 1 aromatic rings. The average Bonchev–Trinajstić information content (AvgIpc) is 2.64. The van der Waals surface area contributed by atoms with E-state index in [1.807, 2.05) is 12.1 Å². The van der Waals surface area contributed by atoms with Gasteiger partial charge in [0.1, 0.15) is 0 Å². The Labute approximate surface area is 102 Å². The first-order chi connectivity index (χ1) is 7.66. The highest BCUT2D eigenvalue weighted by Gasteiger charge is 2.23. The zero-order valence-corrected chi connectivity index (χ0v) is 10.1. The number of hydrogen-bond acceptors (Lipinski definition) is 2. The van der Waals surface area contributed by atoms with E-state index < -0.39 is 0 Å². The second-order valence-electron chi connectivity index (χ2n) is 3.66. The summed E-state index contributed by atoms with van der Waals surface area (Å²) >= 11 is 3.31. The van der Waals surface area contributed by atoms with E-state index in [1.54, 1.807) is 12.1 Å². The lowest BCUT2D eigenvalue weighted by Crippen LogP contribution is -2.36. The van der Waals surface area contributed by atoms with Crippen LogP contribution < -0.4 is 10.6 Å². The molecule has 0 saturated carbocycles. The minimum Gasteiger partial charge on any atom is -0.354 e. The number of hydrogen-bond donors (Lipinski definition) is 2. The Kier molecular flexibility index (Phi) is 3.24. The molecule has 1 unspecified atom stereocenters. The average molecular weight is 283 g/mol. The maximum atomic E-state index is 11.8. The van der Waals surface area contributed by atoms with Gasteiger partial charge in [-0.15, -0.1) is 0 Å². The molecular formula is C11H11BrN2O2. The van der Waals surface area contributed by atoms with Crippen molar-refractivity contribution >= 4 is 27.7 Å². The van der Waals surface area contributed by atoms with Gasteiger partial charge in [0, 0.05) is 17.4 Å². The SMILES string of the molecule is O=C1CC(NC(=O)c2ccccc2Br)CN1. The number of rotatable bonds is 2. The van der Waals surface area contributed by atoms with Gasteiger partial charge in [0.2, 0.25) is 5.91 Å². The first-order valence-corrected chi connectivity index (χ1v) is 5.78. The molecule has 84 valence electrons. The van der Waals surface area contributed by atoms with Crippen LogP contribution in [0.15, 0.2) is 28.7 Å². The van der Waals surface area contributed by atoms with Crippen molar-refractivity contribution in [3.63, 3.8) is 0 Å². The number of halogens is 1. The minimum absolute atomic E-state index is 0.0163. The number of benzene rings is 1. The van der Waals surface area contributed by atoms with Crippen LogP contribution >= 0.6 is 15.9 Å². The fourth-order valence-corrected chi connectivity index (χ4v) is 2.08. The number of nitrogens with one attached hydrogen (secondary N) is 2. The predicted molar refractivity (Wildman–Crippen MR) is 63.0 cm³/mol. The van der Waals surface area contributed by atoms with Crippen LogP contribution in [0.3, 0.4) is 0 Å². The lowest BCUT2D eigenvalue weighted by atomic mass is 10.2. The van der Waals surface area contributed by atoms with E-state index in [0.717, 1.165) is 4.47 Å². The quantitative estimate of drug-likeness (QED) is 0.853. The van der Waals surface area contributed by atoms with E-state index in [2.05, 4.69) is 26.6 Å². The molecule has 1 fully saturated rings. The van der Waals surface area contributed by atoms with Crippen molar-refractivity contribution in [2.45, 2.75) is 12.5 Å². The van der Waals surface area contributed by atoms with Crippen LogP contribution in [-0.4, -0.2) is 24.4 Å². The summed E-state index contributed by atoms with van der Waals surface area (Å²) in [6, 6.07) is 7.10. The molecular weight excluding hydrogens is 272 g/mol. The van der Waals surface area contributed by atoms with Crippen LogP contribution in [-0.2, 0) is 4.79 Å². The van der Waals surface area contributed by atoms with Gasteiger partial charge in [-0.2, -0.15) is 0 Å². The lowest BCUT2D eigenvalue weighted by Gasteiger charge is -2.11. The van der Waals surface area contributed by atoms with Crippen LogP contribution in [0.1, 0.15) is 16.8 Å². The molecule has 1 atom stereocenters. The second kappa shape index (κ2) is 4.65. The van der Waals surface area contributed by atoms with Crippen LogP contribution in [0.2, 0.25) is 0 Å². The molecule has 0 aliphatic carbocycles. The van der Waals surface area contributed by atoms with E-state index in [9.17, 15) is 9.59 Å². The molecule has 0 aromatic heterocycles. The summed E-state index contributed by atoms with van der Waals surface area (Å²) in [6.45, 7) is 0.509. The molecule has 2 amide bonds. The summed E-state index contributed by atoms with van der Waals surface area (Å²) in [6.07, 6.45) is 0.357. The normalized spacial score (nSPS) is 19.3. The molecule has 5 heteroatoms. The lowest BCUT2D eigenvalue weighted by molar-refractivity contribution is -0.119. The van der Waals surface area contributed by atoms with E-state index in [4.69, 9.17) is 0 Å². The van der Waals surface area contributed by atoms with Crippen molar-refractivity contribution in [3.05, 3.63) is 34.3 Å². The molecule has 1 heterocycles. The Hall–Kier alpha value is -1.36. The number of amides is 2. The monoisotopic (exact) mass is 282 g/mol. The Morgan fingerprint density at radius 1 is 1.44 bits per heavy atom. The summed E-state index contributed by atoms with van der Waals surface area (Å²) in [7, 11) is 0. The van der Waals surface area contributed by atoms with Crippen LogP contribution in [0.25, 0.3) is 0 Å². The standard InChI is InChI=1S/C11H11BrN2O2/c12-9-4-2-1-3-8(9)11(16)14-7-5-10(15)13-6-7/h1-4,7H,5-6H2,(H,13,15)(H,14,16). The molecule has 0 radical (unpaired) electrons. The zero-order valence-electron chi connectivity index (χ0n) is 8.50. The van der Waals surface area contributed by atoms with Gasteiger partial charge >= 0.3 is 0 Å². The highest BCUT2D eigenvalue weighted by atomic mass is 79.9. The maximum Gasteiger partial charge on any atom is 0.252 e. The van der Waals surface area contributed by atoms with Gasteiger partial charge in [0.05, 0.1) is 11.6 Å². The third-order valence-corrected chi connectivity index (χ3v) is 3.12. The molecule has 4 nitrogen and oxygen atoms in total. The summed E-state index contributed by atoms with van der Waals surface area (Å²) < 4.78 is 0.754. The van der Waals surface area contributed by atoms with E-state index in [-0.39, 0.29) is 17.9 Å². The smallest absolute Gasteiger partial charge is 0.252 e. The molecule has 2 rings (SSSR count). The molecule has 0 bridgehead atoms. The van der Waals surface area contributed by atoms with E-state index >= 15 is 0 Å². The molecule has 1 aliphatic heterocycles. The van der Waals surface area contributed by atoms with Gasteiger partial charge in [-0.1, -0.05) is 12.1 Å². The summed E-state index contributed by atoms with van der Waals surface area (Å²) in [5, 5.41) is 5.49. The van der Waals surface area contributed by atoms with E-state index in [1.165, 1.54) is 0 Å². The molecule has 1 aromatic carbocycles. The van der Waals surface area contributed by atoms with Crippen molar-refractivity contribution in [3.8, 4) is 0 Å². The molecule has 1 aliphatic rings. The molecule has 16 heavy (non-hydrogen) atoms. The van der Waals surface area contributed by atoms with Gasteiger partial charge in [-0.3, -0.25) is 9.59 Å². The van der Waals surface area contributed by atoms with Crippen molar-refractivity contribution in [2.24, 2.45) is 0 Å². The molecule has 1 saturated heterocycles. The van der Waals surface area contributed by atoms with Crippen LogP contribution in [0, 0.1) is 0 Å².